The third-order valence-electron chi connectivity index (χ3n) is 2.19. The molecule has 14 heavy (non-hydrogen) atoms. The van der Waals surface area contributed by atoms with Crippen molar-refractivity contribution in [2.45, 2.75) is 0 Å². The fourth-order valence-electron chi connectivity index (χ4n) is 1.57. The zero-order valence-electron chi connectivity index (χ0n) is 7.40. The Labute approximate surface area is 85.0 Å². The summed E-state index contributed by atoms with van der Waals surface area (Å²) in [6.45, 7) is 0. The summed E-state index contributed by atoms with van der Waals surface area (Å²) in [5, 5.41) is 2.31. The van der Waals surface area contributed by atoms with Crippen LogP contribution in [-0.2, 0) is 0 Å². The van der Waals surface area contributed by atoms with Crippen LogP contribution in [0.2, 0.25) is 0 Å². The summed E-state index contributed by atoms with van der Waals surface area (Å²) >= 11 is 1.77. The Morgan fingerprint density at radius 3 is 3.14 bits per heavy atom. The maximum atomic E-state index is 4.39. The van der Waals surface area contributed by atoms with E-state index in [2.05, 4.69) is 35.0 Å². The Kier molecular flexibility index (Phi) is 1.63. The molecule has 1 aliphatic heterocycles. The van der Waals surface area contributed by atoms with Gasteiger partial charge in [0.15, 0.2) is 0 Å². The van der Waals surface area contributed by atoms with E-state index in [1.54, 1.807) is 17.5 Å². The van der Waals surface area contributed by atoms with Crippen molar-refractivity contribution in [2.24, 2.45) is 4.99 Å². The molecule has 0 aliphatic carbocycles. The molecule has 3 rings (SSSR count). The lowest BCUT2D eigenvalue weighted by Crippen LogP contribution is -2.17. The molecule has 0 saturated carbocycles. The van der Waals surface area contributed by atoms with Gasteiger partial charge >= 0.3 is 0 Å². The van der Waals surface area contributed by atoms with Gasteiger partial charge in [-0.25, -0.2) is 4.99 Å². The molecule has 1 nitrogen and oxygen atoms in total. The molecule has 2 heterocycles. The molecule has 2 heteroatoms. The van der Waals surface area contributed by atoms with Gasteiger partial charge in [-0.05, 0) is 18.2 Å². The fourth-order valence-corrected chi connectivity index (χ4v) is 2.62. The third-order valence-corrected chi connectivity index (χ3v) is 3.32. The van der Waals surface area contributed by atoms with E-state index in [0.29, 0.717) is 0 Å². The van der Waals surface area contributed by atoms with Crippen molar-refractivity contribution >= 4 is 27.5 Å². The van der Waals surface area contributed by atoms with E-state index >= 15 is 0 Å². The van der Waals surface area contributed by atoms with Crippen LogP contribution < -0.4 is 9.89 Å². The van der Waals surface area contributed by atoms with Crippen molar-refractivity contribution in [3.63, 3.8) is 0 Å². The molecule has 0 spiro atoms. The number of hydrogen-bond acceptors (Lipinski definition) is 2. The van der Waals surface area contributed by atoms with E-state index in [1.807, 2.05) is 12.1 Å². The van der Waals surface area contributed by atoms with Gasteiger partial charge in [0.25, 0.3) is 0 Å². The lowest BCUT2D eigenvalue weighted by molar-refractivity contribution is 1.39. The van der Waals surface area contributed by atoms with Crippen LogP contribution in [0.1, 0.15) is 0 Å². The maximum Gasteiger partial charge on any atom is 0.0896 e. The van der Waals surface area contributed by atoms with Gasteiger partial charge in [-0.1, -0.05) is 18.2 Å². The number of allylic oxidation sites excluding steroid dienone is 1. The molecule has 0 atom stereocenters. The summed E-state index contributed by atoms with van der Waals surface area (Å²) in [4.78, 5) is 4.39. The molecule has 1 aromatic heterocycles. The zero-order valence-corrected chi connectivity index (χ0v) is 8.21. The number of nitrogens with zero attached hydrogens (tertiary/aromatic N) is 1. The van der Waals surface area contributed by atoms with Gasteiger partial charge in [-0.15, -0.1) is 17.1 Å². The van der Waals surface area contributed by atoms with E-state index < -0.39 is 0 Å². The molecular weight excluding hydrogens is 190 g/mol. The smallest absolute Gasteiger partial charge is 0.0896 e. The highest BCUT2D eigenvalue weighted by Crippen LogP contribution is 2.12. The molecule has 2 aromatic rings. The molecule has 0 fully saturated rings. The van der Waals surface area contributed by atoms with Gasteiger partial charge in [-0.2, -0.15) is 0 Å². The molecule has 0 radical (unpaired) electrons. The highest BCUT2D eigenvalue weighted by atomic mass is 32.1. The van der Waals surface area contributed by atoms with Crippen LogP contribution in [0.3, 0.4) is 0 Å². The molecule has 0 N–H and O–H groups in total. The molecule has 0 saturated heterocycles. The second-order valence-corrected chi connectivity index (χ2v) is 4.15. The lowest BCUT2D eigenvalue weighted by atomic mass is 10.2. The summed E-state index contributed by atoms with van der Waals surface area (Å²) in [6, 6.07) is 8.35. The Balaban J connectivity index is 2.63. The largest absolute Gasteiger partial charge is 0.246 e. The fraction of sp³-hybridized carbons (Fsp3) is 0. The number of rotatable bonds is 0. The van der Waals surface area contributed by atoms with Crippen LogP contribution in [0.25, 0.3) is 16.2 Å². The predicted molar refractivity (Wildman–Crippen MR) is 59.7 cm³/mol. The summed E-state index contributed by atoms with van der Waals surface area (Å²) in [7, 11) is 0. The summed E-state index contributed by atoms with van der Waals surface area (Å²) in [6.07, 6.45) is 5.69. The zero-order chi connectivity index (χ0) is 9.38. The Morgan fingerprint density at radius 2 is 2.14 bits per heavy atom. The third kappa shape index (κ3) is 1.06. The second kappa shape index (κ2) is 2.95. The van der Waals surface area contributed by atoms with Crippen molar-refractivity contribution in [2.75, 3.05) is 0 Å². The van der Waals surface area contributed by atoms with E-state index in [0.717, 1.165) is 5.36 Å². The first-order chi connectivity index (χ1) is 6.95. The van der Waals surface area contributed by atoms with Crippen LogP contribution >= 0.6 is 11.3 Å². The summed E-state index contributed by atoms with van der Waals surface area (Å²) in [5.41, 5.74) is 2.98. The molecule has 0 unspecified atom stereocenters. The van der Waals surface area contributed by atoms with E-state index in [1.165, 1.54) is 14.6 Å². The molecule has 1 aliphatic rings. The SMILES string of the molecule is C1=CC=c2sc3ccccc3c2=NC=1. The minimum Gasteiger partial charge on any atom is -0.246 e. The van der Waals surface area contributed by atoms with Gasteiger partial charge < -0.3 is 0 Å². The standard InChI is InChI=1S/C12H7NS/c1-2-6-10-9(5-1)12-11(14-10)7-3-4-8-13-12/h1-3,5-8H. The molecule has 0 bridgehead atoms. The normalized spacial score (nSPS) is 13.1. The van der Waals surface area contributed by atoms with Crippen LogP contribution in [0.15, 0.2) is 47.3 Å². The summed E-state index contributed by atoms with van der Waals surface area (Å²) < 4.78 is 2.51. The second-order valence-electron chi connectivity index (χ2n) is 3.07. The maximum absolute atomic E-state index is 4.39. The molecule has 66 valence electrons. The monoisotopic (exact) mass is 197 g/mol. The van der Waals surface area contributed by atoms with Crippen molar-refractivity contribution < 1.29 is 0 Å². The van der Waals surface area contributed by atoms with Gasteiger partial charge in [-0.3, -0.25) is 0 Å². The van der Waals surface area contributed by atoms with Gasteiger partial charge in [0.05, 0.1) is 16.1 Å². The predicted octanol–water partition coefficient (Wildman–Crippen LogP) is 1.98. The number of fused-ring (bicyclic) bond motifs is 3. The first-order valence-electron chi connectivity index (χ1n) is 4.42. The van der Waals surface area contributed by atoms with Crippen molar-refractivity contribution in [3.8, 4) is 0 Å². The number of benzene rings is 1. The Morgan fingerprint density at radius 1 is 1.21 bits per heavy atom. The average Bonchev–Trinajstić information content (AvgIpc) is 2.42. The van der Waals surface area contributed by atoms with Crippen molar-refractivity contribution in [1.29, 1.82) is 0 Å². The highest BCUT2D eigenvalue weighted by molar-refractivity contribution is 7.17. The van der Waals surface area contributed by atoms with Gasteiger partial charge in [0.1, 0.15) is 0 Å². The minimum absolute atomic E-state index is 1.08. The highest BCUT2D eigenvalue weighted by Gasteiger charge is 2.00. The average molecular weight is 197 g/mol. The number of hydrogen-bond donors (Lipinski definition) is 0. The van der Waals surface area contributed by atoms with Crippen LogP contribution in [-0.4, -0.2) is 0 Å². The van der Waals surface area contributed by atoms with Crippen LogP contribution in [0, 0.1) is 0 Å². The topological polar surface area (TPSA) is 12.4 Å². The van der Waals surface area contributed by atoms with Crippen LogP contribution in [0.4, 0.5) is 0 Å². The van der Waals surface area contributed by atoms with E-state index in [9.17, 15) is 0 Å². The molecular formula is C12H7NS. The van der Waals surface area contributed by atoms with Crippen molar-refractivity contribution in [1.82, 2.24) is 0 Å². The van der Waals surface area contributed by atoms with Crippen molar-refractivity contribution in [3.05, 3.63) is 52.2 Å². The Hall–Kier alpha value is -1.63. The van der Waals surface area contributed by atoms with Gasteiger partial charge in [0.2, 0.25) is 0 Å². The first-order valence-corrected chi connectivity index (χ1v) is 5.23. The van der Waals surface area contributed by atoms with Gasteiger partial charge in [0, 0.05) is 10.1 Å². The number of thiophene rings is 1. The first kappa shape index (κ1) is 7.74. The molecule has 0 amide bonds. The van der Waals surface area contributed by atoms with E-state index in [-0.39, 0.29) is 0 Å². The minimum atomic E-state index is 1.08. The quantitative estimate of drug-likeness (QED) is 0.573. The molecule has 1 aromatic carbocycles. The van der Waals surface area contributed by atoms with Crippen LogP contribution in [0.5, 0.6) is 0 Å². The lowest BCUT2D eigenvalue weighted by Gasteiger charge is -1.84. The Bertz CT molecular complexity index is 670. The summed E-state index contributed by atoms with van der Waals surface area (Å²) in [5.74, 6) is 0. The van der Waals surface area contributed by atoms with E-state index in [4.69, 9.17) is 0 Å².